The van der Waals surface area contributed by atoms with Crippen molar-refractivity contribution in [2.45, 2.75) is 13.3 Å². The number of aliphatic carboxylic acids is 1. The molecule has 3 N–H and O–H groups in total. The SMILES string of the molecule is CC1(CC(=O)O)CNC(=O)NC1=O. The summed E-state index contributed by atoms with van der Waals surface area (Å²) in [5.41, 5.74) is -1.04. The molecule has 1 aliphatic rings. The molecule has 1 aliphatic heterocycles. The number of carbonyl (C=O) groups is 3. The monoisotopic (exact) mass is 186 g/mol. The topological polar surface area (TPSA) is 95.5 Å². The van der Waals surface area contributed by atoms with E-state index in [0.717, 1.165) is 0 Å². The van der Waals surface area contributed by atoms with Crippen molar-refractivity contribution in [3.8, 4) is 0 Å². The average molecular weight is 186 g/mol. The summed E-state index contributed by atoms with van der Waals surface area (Å²) < 4.78 is 0. The fraction of sp³-hybridized carbons (Fsp3) is 0.571. The molecule has 0 aromatic heterocycles. The second-order valence-electron chi connectivity index (χ2n) is 3.27. The fourth-order valence-electron chi connectivity index (χ4n) is 1.13. The molecule has 0 aliphatic carbocycles. The largest absolute Gasteiger partial charge is 0.481 e. The Labute approximate surface area is 74.3 Å². The van der Waals surface area contributed by atoms with Crippen molar-refractivity contribution in [2.75, 3.05) is 6.54 Å². The Balaban J connectivity index is 2.73. The lowest BCUT2D eigenvalue weighted by Gasteiger charge is -2.30. The first kappa shape index (κ1) is 9.50. The Bertz CT molecular complexity index is 276. The average Bonchev–Trinajstić information content (AvgIpc) is 1.97. The molecule has 72 valence electrons. The maximum atomic E-state index is 11.2. The third-order valence-electron chi connectivity index (χ3n) is 1.96. The highest BCUT2D eigenvalue weighted by molar-refractivity contribution is 6.01. The zero-order chi connectivity index (χ0) is 10.1. The third kappa shape index (κ3) is 1.95. The van der Waals surface area contributed by atoms with Gasteiger partial charge in [-0.1, -0.05) is 0 Å². The third-order valence-corrected chi connectivity index (χ3v) is 1.96. The molecule has 1 heterocycles. The van der Waals surface area contributed by atoms with Gasteiger partial charge in [0.1, 0.15) is 0 Å². The molecular formula is C7H10N2O4. The highest BCUT2D eigenvalue weighted by atomic mass is 16.4. The van der Waals surface area contributed by atoms with Gasteiger partial charge in [0.25, 0.3) is 0 Å². The van der Waals surface area contributed by atoms with Gasteiger partial charge in [0.05, 0.1) is 11.8 Å². The lowest BCUT2D eigenvalue weighted by Crippen LogP contribution is -2.58. The van der Waals surface area contributed by atoms with E-state index in [4.69, 9.17) is 5.11 Å². The standard InChI is InChI=1S/C7H10N2O4/c1-7(2-4(10)11)3-8-6(13)9-5(7)12/h2-3H2,1H3,(H,10,11)(H2,8,9,12,13). The number of nitrogens with one attached hydrogen (secondary N) is 2. The molecule has 13 heavy (non-hydrogen) atoms. The van der Waals surface area contributed by atoms with E-state index in [2.05, 4.69) is 5.32 Å². The zero-order valence-electron chi connectivity index (χ0n) is 7.09. The smallest absolute Gasteiger partial charge is 0.321 e. The summed E-state index contributed by atoms with van der Waals surface area (Å²) >= 11 is 0. The number of hydrogen-bond donors (Lipinski definition) is 3. The van der Waals surface area contributed by atoms with Crippen LogP contribution in [0.25, 0.3) is 0 Å². The van der Waals surface area contributed by atoms with Crippen LogP contribution in [0.2, 0.25) is 0 Å². The van der Waals surface area contributed by atoms with Crippen LogP contribution in [0.4, 0.5) is 4.79 Å². The summed E-state index contributed by atoms with van der Waals surface area (Å²) in [7, 11) is 0. The second kappa shape index (κ2) is 3.04. The summed E-state index contributed by atoms with van der Waals surface area (Å²) in [5.74, 6) is -1.60. The molecule has 1 fully saturated rings. The first-order valence-corrected chi connectivity index (χ1v) is 3.75. The van der Waals surface area contributed by atoms with Gasteiger partial charge >= 0.3 is 12.0 Å². The fourth-order valence-corrected chi connectivity index (χ4v) is 1.13. The van der Waals surface area contributed by atoms with E-state index in [1.54, 1.807) is 0 Å². The molecule has 3 amide bonds. The number of carbonyl (C=O) groups excluding carboxylic acids is 2. The van der Waals surface area contributed by atoms with E-state index in [0.29, 0.717) is 0 Å². The molecule has 0 aromatic carbocycles. The van der Waals surface area contributed by atoms with Crippen molar-refractivity contribution in [1.29, 1.82) is 0 Å². The van der Waals surface area contributed by atoms with Crippen LogP contribution < -0.4 is 10.6 Å². The van der Waals surface area contributed by atoms with Gasteiger partial charge in [-0.3, -0.25) is 14.9 Å². The Hall–Kier alpha value is -1.59. The van der Waals surface area contributed by atoms with E-state index < -0.39 is 23.3 Å². The summed E-state index contributed by atoms with van der Waals surface area (Å²) in [6.07, 6.45) is -0.293. The molecule has 0 radical (unpaired) electrons. The van der Waals surface area contributed by atoms with Gasteiger partial charge in [0, 0.05) is 6.54 Å². The zero-order valence-corrected chi connectivity index (χ0v) is 7.09. The molecule has 0 spiro atoms. The molecule has 1 atom stereocenters. The van der Waals surface area contributed by atoms with Crippen molar-refractivity contribution in [2.24, 2.45) is 5.41 Å². The van der Waals surface area contributed by atoms with Gasteiger partial charge < -0.3 is 10.4 Å². The number of carboxylic acids is 1. The Morgan fingerprint density at radius 2 is 2.23 bits per heavy atom. The molecule has 0 aromatic rings. The van der Waals surface area contributed by atoms with Gasteiger partial charge in [0.2, 0.25) is 5.91 Å². The van der Waals surface area contributed by atoms with E-state index in [1.807, 2.05) is 5.32 Å². The van der Waals surface area contributed by atoms with Crippen LogP contribution in [-0.4, -0.2) is 29.6 Å². The van der Waals surface area contributed by atoms with Crippen LogP contribution in [0.1, 0.15) is 13.3 Å². The first-order chi connectivity index (χ1) is 5.94. The van der Waals surface area contributed by atoms with Crippen LogP contribution in [0, 0.1) is 5.41 Å². The summed E-state index contributed by atoms with van der Waals surface area (Å²) in [6.45, 7) is 1.56. The summed E-state index contributed by atoms with van der Waals surface area (Å²) in [5, 5.41) is 12.9. The van der Waals surface area contributed by atoms with E-state index in [9.17, 15) is 14.4 Å². The number of hydrogen-bond acceptors (Lipinski definition) is 3. The normalized spacial score (nSPS) is 27.8. The van der Waals surface area contributed by atoms with E-state index in [1.165, 1.54) is 6.92 Å². The molecule has 1 rings (SSSR count). The predicted molar refractivity (Wildman–Crippen MR) is 41.9 cm³/mol. The summed E-state index contributed by atoms with van der Waals surface area (Å²) in [6, 6.07) is -0.576. The first-order valence-electron chi connectivity index (χ1n) is 3.75. The van der Waals surface area contributed by atoms with Crippen molar-refractivity contribution in [3.63, 3.8) is 0 Å². The number of urea groups is 1. The minimum atomic E-state index is -1.06. The van der Waals surface area contributed by atoms with Gasteiger partial charge in [-0.05, 0) is 6.92 Å². The highest BCUT2D eigenvalue weighted by Gasteiger charge is 2.40. The lowest BCUT2D eigenvalue weighted by atomic mass is 9.84. The van der Waals surface area contributed by atoms with Crippen molar-refractivity contribution < 1.29 is 19.5 Å². The van der Waals surface area contributed by atoms with E-state index in [-0.39, 0.29) is 13.0 Å². The number of rotatable bonds is 2. The summed E-state index contributed by atoms with van der Waals surface area (Å²) in [4.78, 5) is 32.3. The minimum absolute atomic E-state index is 0.0595. The second-order valence-corrected chi connectivity index (χ2v) is 3.27. The lowest BCUT2D eigenvalue weighted by molar-refractivity contribution is -0.144. The van der Waals surface area contributed by atoms with Crippen LogP contribution >= 0.6 is 0 Å². The quantitative estimate of drug-likeness (QED) is 0.531. The predicted octanol–water partition coefficient (Wildman–Crippen LogP) is -0.693. The van der Waals surface area contributed by atoms with Crippen molar-refractivity contribution in [3.05, 3.63) is 0 Å². The molecule has 0 bridgehead atoms. The number of amides is 3. The molecule has 1 saturated heterocycles. The molecule has 0 saturated carbocycles. The van der Waals surface area contributed by atoms with Crippen molar-refractivity contribution >= 4 is 17.9 Å². The maximum Gasteiger partial charge on any atom is 0.321 e. The molecule has 6 nitrogen and oxygen atoms in total. The van der Waals surface area contributed by atoms with Crippen molar-refractivity contribution in [1.82, 2.24) is 10.6 Å². The van der Waals surface area contributed by atoms with Crippen LogP contribution in [0.3, 0.4) is 0 Å². The van der Waals surface area contributed by atoms with E-state index >= 15 is 0 Å². The molecular weight excluding hydrogens is 176 g/mol. The highest BCUT2D eigenvalue weighted by Crippen LogP contribution is 2.22. The van der Waals surface area contributed by atoms with Gasteiger partial charge in [-0.15, -0.1) is 0 Å². The van der Waals surface area contributed by atoms with Gasteiger partial charge in [-0.25, -0.2) is 4.79 Å². The van der Waals surface area contributed by atoms with Gasteiger partial charge in [-0.2, -0.15) is 0 Å². The minimum Gasteiger partial charge on any atom is -0.481 e. The van der Waals surface area contributed by atoms with Crippen LogP contribution in [0.5, 0.6) is 0 Å². The molecule has 1 unspecified atom stereocenters. The Kier molecular flexibility index (Phi) is 2.22. The van der Waals surface area contributed by atoms with Crippen LogP contribution in [0.15, 0.2) is 0 Å². The molecule has 6 heteroatoms. The Morgan fingerprint density at radius 1 is 1.62 bits per heavy atom. The van der Waals surface area contributed by atoms with Crippen LogP contribution in [-0.2, 0) is 9.59 Å². The Morgan fingerprint density at radius 3 is 2.69 bits per heavy atom. The number of carboxylic acid groups (broad SMARTS) is 1. The number of imide groups is 1. The van der Waals surface area contributed by atoms with Gasteiger partial charge in [0.15, 0.2) is 0 Å². The maximum absolute atomic E-state index is 11.2.